The first kappa shape index (κ1) is 14.3. The van der Waals surface area contributed by atoms with E-state index < -0.39 is 0 Å². The minimum atomic E-state index is 0.276. The first-order chi connectivity index (χ1) is 10.1. The molecule has 1 heterocycles. The molecule has 3 rings (SSSR count). The summed E-state index contributed by atoms with van der Waals surface area (Å²) in [5, 5.41) is 11.8. The summed E-state index contributed by atoms with van der Waals surface area (Å²) in [7, 11) is 0. The van der Waals surface area contributed by atoms with E-state index in [1.165, 1.54) is 12.0 Å². The fourth-order valence-electron chi connectivity index (χ4n) is 3.42. The van der Waals surface area contributed by atoms with E-state index in [1.54, 1.807) is 6.33 Å². The number of nitrogens with one attached hydrogen (secondary N) is 1. The Bertz CT molecular complexity index is 588. The molecule has 21 heavy (non-hydrogen) atoms. The molecule has 0 saturated heterocycles. The summed E-state index contributed by atoms with van der Waals surface area (Å²) in [6.07, 6.45) is 2.99. The Labute approximate surface area is 126 Å². The summed E-state index contributed by atoms with van der Waals surface area (Å²) in [4.78, 5) is 0. The van der Waals surface area contributed by atoms with E-state index in [9.17, 15) is 0 Å². The molecule has 1 aromatic carbocycles. The first-order valence-corrected chi connectivity index (χ1v) is 7.78. The van der Waals surface area contributed by atoms with Crippen molar-refractivity contribution < 1.29 is 0 Å². The van der Waals surface area contributed by atoms with Crippen molar-refractivity contribution in [2.45, 2.75) is 52.2 Å². The molecule has 1 saturated carbocycles. The van der Waals surface area contributed by atoms with Crippen LogP contribution in [0.25, 0.3) is 0 Å². The monoisotopic (exact) mass is 284 g/mol. The van der Waals surface area contributed by atoms with Crippen molar-refractivity contribution in [2.75, 3.05) is 0 Å². The molecule has 0 spiro atoms. The van der Waals surface area contributed by atoms with Crippen LogP contribution in [0, 0.1) is 5.41 Å². The summed E-state index contributed by atoms with van der Waals surface area (Å²) in [6.45, 7) is 8.55. The zero-order chi connectivity index (χ0) is 14.9. The van der Waals surface area contributed by atoms with Gasteiger partial charge in [0.1, 0.15) is 12.2 Å². The van der Waals surface area contributed by atoms with Crippen molar-refractivity contribution in [1.82, 2.24) is 20.1 Å². The fraction of sp³-hybridized carbons (Fsp3) is 0.529. The Morgan fingerprint density at radius 2 is 2.05 bits per heavy atom. The molecular formula is C17H24N4. The van der Waals surface area contributed by atoms with Crippen LogP contribution in [0.5, 0.6) is 0 Å². The molecular weight excluding hydrogens is 260 g/mol. The highest BCUT2D eigenvalue weighted by molar-refractivity contribution is 5.27. The summed E-state index contributed by atoms with van der Waals surface area (Å²) in [6, 6.07) is 11.4. The molecule has 0 unspecified atom stereocenters. The van der Waals surface area contributed by atoms with Gasteiger partial charge in [-0.05, 0) is 30.2 Å². The molecule has 1 aromatic heterocycles. The van der Waals surface area contributed by atoms with Crippen molar-refractivity contribution >= 4 is 0 Å². The summed E-state index contributed by atoms with van der Waals surface area (Å²) < 4.78 is 2.09. The average Bonchev–Trinajstić information content (AvgIpc) is 2.94. The van der Waals surface area contributed by atoms with Crippen molar-refractivity contribution in [1.29, 1.82) is 0 Å². The molecule has 1 N–H and O–H groups in total. The molecule has 1 aliphatic rings. The zero-order valence-corrected chi connectivity index (χ0v) is 13.1. The lowest BCUT2D eigenvalue weighted by Crippen LogP contribution is -2.55. The third-order valence-corrected chi connectivity index (χ3v) is 5.01. The summed E-state index contributed by atoms with van der Waals surface area (Å²) >= 11 is 0. The molecule has 112 valence electrons. The van der Waals surface area contributed by atoms with E-state index in [4.69, 9.17) is 0 Å². The second-order valence-electron chi connectivity index (χ2n) is 6.49. The van der Waals surface area contributed by atoms with Crippen molar-refractivity contribution in [2.24, 2.45) is 5.41 Å². The van der Waals surface area contributed by atoms with Crippen molar-refractivity contribution in [3.05, 3.63) is 48.0 Å². The van der Waals surface area contributed by atoms with E-state index in [0.717, 1.165) is 18.9 Å². The molecule has 0 radical (unpaired) electrons. The van der Waals surface area contributed by atoms with Gasteiger partial charge < -0.3 is 9.88 Å². The number of hydrogen-bond acceptors (Lipinski definition) is 3. The Morgan fingerprint density at radius 3 is 2.71 bits per heavy atom. The van der Waals surface area contributed by atoms with Gasteiger partial charge in [-0.2, -0.15) is 0 Å². The standard InChI is InChI=1S/C17H24N4/c1-4-21-12-19-20-16(21)11-18-15-10-14(17(15,2)3)13-8-6-5-7-9-13/h5-9,12,14-15,18H,4,10-11H2,1-3H3/t14-,15+/m1/s1. The second-order valence-corrected chi connectivity index (χ2v) is 6.49. The van der Waals surface area contributed by atoms with Gasteiger partial charge in [0.25, 0.3) is 0 Å². The molecule has 2 atom stereocenters. The van der Waals surface area contributed by atoms with Crippen molar-refractivity contribution in [3.8, 4) is 0 Å². The molecule has 1 aliphatic carbocycles. The maximum atomic E-state index is 4.19. The van der Waals surface area contributed by atoms with Crippen LogP contribution in [-0.2, 0) is 13.1 Å². The van der Waals surface area contributed by atoms with Gasteiger partial charge in [-0.15, -0.1) is 10.2 Å². The van der Waals surface area contributed by atoms with Crippen LogP contribution in [0.3, 0.4) is 0 Å². The number of benzene rings is 1. The number of aryl methyl sites for hydroxylation is 1. The lowest BCUT2D eigenvalue weighted by atomic mass is 9.56. The molecule has 2 aromatic rings. The summed E-state index contributed by atoms with van der Waals surface area (Å²) in [5.41, 5.74) is 1.73. The quantitative estimate of drug-likeness (QED) is 0.918. The third-order valence-electron chi connectivity index (χ3n) is 5.01. The van der Waals surface area contributed by atoms with Gasteiger partial charge in [-0.1, -0.05) is 44.2 Å². The molecule has 4 nitrogen and oxygen atoms in total. The van der Waals surface area contributed by atoms with Gasteiger partial charge in [0.05, 0.1) is 6.54 Å². The van der Waals surface area contributed by atoms with Crippen LogP contribution in [0.4, 0.5) is 0 Å². The molecule has 4 heteroatoms. The third kappa shape index (κ3) is 2.60. The van der Waals surface area contributed by atoms with Crippen LogP contribution in [0.15, 0.2) is 36.7 Å². The van der Waals surface area contributed by atoms with Gasteiger partial charge in [0.2, 0.25) is 0 Å². The van der Waals surface area contributed by atoms with Crippen LogP contribution < -0.4 is 5.32 Å². The predicted octanol–water partition coefficient (Wildman–Crippen LogP) is 2.97. The first-order valence-electron chi connectivity index (χ1n) is 7.78. The average molecular weight is 284 g/mol. The van der Waals surface area contributed by atoms with E-state index in [1.807, 2.05) is 0 Å². The Morgan fingerprint density at radius 1 is 1.29 bits per heavy atom. The normalized spacial score (nSPS) is 23.8. The number of aromatic nitrogens is 3. The Hall–Kier alpha value is -1.68. The number of rotatable bonds is 5. The van der Waals surface area contributed by atoms with Crippen LogP contribution in [0.1, 0.15) is 44.5 Å². The van der Waals surface area contributed by atoms with Crippen LogP contribution in [-0.4, -0.2) is 20.8 Å². The Balaban J connectivity index is 1.62. The largest absolute Gasteiger partial charge is 0.317 e. The van der Waals surface area contributed by atoms with Gasteiger partial charge in [-0.3, -0.25) is 0 Å². The molecule has 0 amide bonds. The van der Waals surface area contributed by atoms with Crippen LogP contribution in [0.2, 0.25) is 0 Å². The number of nitrogens with zero attached hydrogens (tertiary/aromatic N) is 3. The van der Waals surface area contributed by atoms with Gasteiger partial charge in [0, 0.05) is 12.6 Å². The van der Waals surface area contributed by atoms with Crippen LogP contribution >= 0.6 is 0 Å². The number of hydrogen-bond donors (Lipinski definition) is 1. The molecule has 0 aliphatic heterocycles. The van der Waals surface area contributed by atoms with E-state index in [2.05, 4.69) is 71.2 Å². The van der Waals surface area contributed by atoms with E-state index in [0.29, 0.717) is 12.0 Å². The highest BCUT2D eigenvalue weighted by atomic mass is 15.3. The smallest absolute Gasteiger partial charge is 0.146 e. The Kier molecular flexibility index (Phi) is 3.81. The highest BCUT2D eigenvalue weighted by Crippen LogP contribution is 2.52. The second kappa shape index (κ2) is 5.60. The van der Waals surface area contributed by atoms with E-state index >= 15 is 0 Å². The van der Waals surface area contributed by atoms with Gasteiger partial charge >= 0.3 is 0 Å². The minimum Gasteiger partial charge on any atom is -0.317 e. The predicted molar refractivity (Wildman–Crippen MR) is 83.9 cm³/mol. The zero-order valence-electron chi connectivity index (χ0n) is 13.1. The highest BCUT2D eigenvalue weighted by Gasteiger charge is 2.48. The lowest BCUT2D eigenvalue weighted by Gasteiger charge is -2.53. The van der Waals surface area contributed by atoms with Gasteiger partial charge in [0.15, 0.2) is 0 Å². The lowest BCUT2D eigenvalue weighted by molar-refractivity contribution is 0.0671. The summed E-state index contributed by atoms with van der Waals surface area (Å²) in [5.74, 6) is 1.66. The maximum Gasteiger partial charge on any atom is 0.146 e. The fourth-order valence-corrected chi connectivity index (χ4v) is 3.42. The topological polar surface area (TPSA) is 42.7 Å². The molecule has 0 bridgehead atoms. The SMILES string of the molecule is CCn1cnnc1CN[C@H]1C[C@H](c2ccccc2)C1(C)C. The van der Waals surface area contributed by atoms with Gasteiger partial charge in [-0.25, -0.2) is 0 Å². The van der Waals surface area contributed by atoms with E-state index in [-0.39, 0.29) is 5.41 Å². The van der Waals surface area contributed by atoms with Crippen molar-refractivity contribution in [3.63, 3.8) is 0 Å². The molecule has 1 fully saturated rings. The maximum absolute atomic E-state index is 4.19. The minimum absolute atomic E-state index is 0.276.